The molecule has 1 aliphatic rings. The van der Waals surface area contributed by atoms with Gasteiger partial charge in [0.15, 0.2) is 0 Å². The molecule has 0 bridgehead atoms. The average Bonchev–Trinajstić information content (AvgIpc) is 2.17. The fourth-order valence-corrected chi connectivity index (χ4v) is 2.52. The molecule has 0 radical (unpaired) electrons. The molecule has 0 atom stereocenters. The molecule has 0 spiro atoms. The zero-order valence-electron chi connectivity index (χ0n) is 8.90. The highest BCUT2D eigenvalue weighted by molar-refractivity contribution is 6.42. The van der Waals surface area contributed by atoms with E-state index >= 15 is 0 Å². The van der Waals surface area contributed by atoms with Crippen molar-refractivity contribution in [1.82, 2.24) is 5.32 Å². The van der Waals surface area contributed by atoms with E-state index < -0.39 is 0 Å². The summed E-state index contributed by atoms with van der Waals surface area (Å²) in [4.78, 5) is 11.7. The minimum absolute atomic E-state index is 0.0809. The van der Waals surface area contributed by atoms with E-state index in [4.69, 9.17) is 34.8 Å². The van der Waals surface area contributed by atoms with E-state index in [2.05, 4.69) is 10.6 Å². The molecule has 2 N–H and O–H groups in total. The number of amides is 1. The SMILES string of the molecule is O=C(CC1CNC1)Nc1c(Cl)cc(Cl)cc1Cl. The molecule has 1 amide bonds. The Morgan fingerprint density at radius 1 is 1.29 bits per heavy atom. The van der Waals surface area contributed by atoms with Crippen molar-refractivity contribution in [3.05, 3.63) is 27.2 Å². The summed E-state index contributed by atoms with van der Waals surface area (Å²) < 4.78 is 0. The number of carbonyl (C=O) groups is 1. The molecule has 6 heteroatoms. The zero-order valence-corrected chi connectivity index (χ0v) is 11.2. The highest BCUT2D eigenvalue weighted by Gasteiger charge is 2.21. The summed E-state index contributed by atoms with van der Waals surface area (Å²) in [6, 6.07) is 3.10. The monoisotopic (exact) mass is 292 g/mol. The van der Waals surface area contributed by atoms with Crippen molar-refractivity contribution >= 4 is 46.4 Å². The van der Waals surface area contributed by atoms with Crippen molar-refractivity contribution in [3.8, 4) is 0 Å². The molecular formula is C11H11Cl3N2O. The molecule has 0 saturated carbocycles. The Morgan fingerprint density at radius 3 is 2.35 bits per heavy atom. The molecule has 0 aliphatic carbocycles. The molecule has 0 aromatic heterocycles. The van der Waals surface area contributed by atoms with Crippen LogP contribution in [0.25, 0.3) is 0 Å². The van der Waals surface area contributed by atoms with Crippen LogP contribution in [0.3, 0.4) is 0 Å². The molecule has 1 aromatic carbocycles. The fraction of sp³-hybridized carbons (Fsp3) is 0.364. The van der Waals surface area contributed by atoms with Crippen molar-refractivity contribution in [2.45, 2.75) is 6.42 Å². The van der Waals surface area contributed by atoms with Crippen LogP contribution in [0, 0.1) is 5.92 Å². The number of hydrogen-bond donors (Lipinski definition) is 2. The van der Waals surface area contributed by atoms with Crippen LogP contribution in [0.4, 0.5) is 5.69 Å². The quantitative estimate of drug-likeness (QED) is 0.898. The maximum atomic E-state index is 11.7. The van der Waals surface area contributed by atoms with E-state index in [1.165, 1.54) is 0 Å². The van der Waals surface area contributed by atoms with E-state index in [1.807, 2.05) is 0 Å². The van der Waals surface area contributed by atoms with Crippen LogP contribution in [0.5, 0.6) is 0 Å². The Balaban J connectivity index is 2.04. The number of hydrogen-bond acceptors (Lipinski definition) is 2. The van der Waals surface area contributed by atoms with Crippen molar-refractivity contribution < 1.29 is 4.79 Å². The topological polar surface area (TPSA) is 41.1 Å². The van der Waals surface area contributed by atoms with Gasteiger partial charge in [0, 0.05) is 11.4 Å². The number of nitrogens with one attached hydrogen (secondary N) is 2. The van der Waals surface area contributed by atoms with Gasteiger partial charge in [0.2, 0.25) is 5.91 Å². The third-order valence-corrected chi connectivity index (χ3v) is 3.43. The van der Waals surface area contributed by atoms with Gasteiger partial charge in [0.25, 0.3) is 0 Å². The standard InChI is InChI=1S/C11H11Cl3N2O/c12-7-2-8(13)11(9(14)3-7)16-10(17)1-6-4-15-5-6/h2-3,6,15H,1,4-5H2,(H,16,17). The Morgan fingerprint density at radius 2 is 1.88 bits per heavy atom. The van der Waals surface area contributed by atoms with Crippen molar-refractivity contribution in [1.29, 1.82) is 0 Å². The summed E-state index contributed by atoms with van der Waals surface area (Å²) >= 11 is 17.7. The van der Waals surface area contributed by atoms with Gasteiger partial charge in [-0.25, -0.2) is 0 Å². The van der Waals surface area contributed by atoms with Gasteiger partial charge in [-0.3, -0.25) is 4.79 Å². The van der Waals surface area contributed by atoms with Crippen LogP contribution in [0.1, 0.15) is 6.42 Å². The van der Waals surface area contributed by atoms with Crippen molar-refractivity contribution in [2.75, 3.05) is 18.4 Å². The molecule has 1 fully saturated rings. The maximum absolute atomic E-state index is 11.7. The summed E-state index contributed by atoms with van der Waals surface area (Å²) in [6.45, 7) is 1.77. The van der Waals surface area contributed by atoms with Gasteiger partial charge in [0.1, 0.15) is 0 Å². The van der Waals surface area contributed by atoms with E-state index in [0.29, 0.717) is 33.1 Å². The lowest BCUT2D eigenvalue weighted by molar-refractivity contribution is -0.117. The number of halogens is 3. The van der Waals surface area contributed by atoms with Crippen LogP contribution in [-0.4, -0.2) is 19.0 Å². The molecule has 1 aromatic rings. The third-order valence-electron chi connectivity index (χ3n) is 2.61. The minimum Gasteiger partial charge on any atom is -0.324 e. The van der Waals surface area contributed by atoms with Crippen molar-refractivity contribution in [3.63, 3.8) is 0 Å². The third kappa shape index (κ3) is 3.26. The normalized spacial score (nSPS) is 15.5. The van der Waals surface area contributed by atoms with Crippen LogP contribution in [0.15, 0.2) is 12.1 Å². The first-order chi connectivity index (χ1) is 8.06. The second-order valence-electron chi connectivity index (χ2n) is 4.02. The lowest BCUT2D eigenvalue weighted by Crippen LogP contribution is -2.43. The first-order valence-electron chi connectivity index (χ1n) is 5.21. The van der Waals surface area contributed by atoms with Gasteiger partial charge < -0.3 is 10.6 Å². The Bertz CT molecular complexity index is 423. The predicted molar refractivity (Wildman–Crippen MR) is 71.1 cm³/mol. The van der Waals surface area contributed by atoms with E-state index in [1.54, 1.807) is 12.1 Å². The smallest absolute Gasteiger partial charge is 0.224 e. The van der Waals surface area contributed by atoms with Crippen LogP contribution in [-0.2, 0) is 4.79 Å². The first kappa shape index (κ1) is 13.0. The maximum Gasteiger partial charge on any atom is 0.224 e. The Labute approximate surface area is 114 Å². The van der Waals surface area contributed by atoms with Crippen LogP contribution < -0.4 is 10.6 Å². The number of benzene rings is 1. The number of rotatable bonds is 3. The van der Waals surface area contributed by atoms with Gasteiger partial charge in [-0.1, -0.05) is 34.8 Å². The molecule has 17 heavy (non-hydrogen) atoms. The molecule has 2 rings (SSSR count). The van der Waals surface area contributed by atoms with E-state index in [9.17, 15) is 4.79 Å². The second-order valence-corrected chi connectivity index (χ2v) is 5.27. The van der Waals surface area contributed by atoms with Crippen LogP contribution in [0.2, 0.25) is 15.1 Å². The lowest BCUT2D eigenvalue weighted by Gasteiger charge is -2.26. The van der Waals surface area contributed by atoms with Crippen LogP contribution >= 0.6 is 34.8 Å². The molecule has 1 saturated heterocycles. The summed E-state index contributed by atoms with van der Waals surface area (Å²) in [6.07, 6.45) is 0.474. The average molecular weight is 294 g/mol. The number of anilines is 1. The first-order valence-corrected chi connectivity index (χ1v) is 6.35. The summed E-state index contributed by atoms with van der Waals surface area (Å²) in [5.41, 5.74) is 0.426. The summed E-state index contributed by atoms with van der Waals surface area (Å²) in [5.74, 6) is 0.322. The molecule has 1 heterocycles. The second kappa shape index (κ2) is 5.44. The molecule has 0 unspecified atom stereocenters. The zero-order chi connectivity index (χ0) is 12.4. The molecule has 3 nitrogen and oxygen atoms in total. The van der Waals surface area contributed by atoms with E-state index in [-0.39, 0.29) is 5.91 Å². The van der Waals surface area contributed by atoms with Gasteiger partial charge >= 0.3 is 0 Å². The highest BCUT2D eigenvalue weighted by atomic mass is 35.5. The summed E-state index contributed by atoms with van der Waals surface area (Å²) in [5, 5.41) is 6.97. The minimum atomic E-state index is -0.0809. The Hall–Kier alpha value is -0.480. The highest BCUT2D eigenvalue weighted by Crippen LogP contribution is 2.33. The van der Waals surface area contributed by atoms with Gasteiger partial charge in [0.05, 0.1) is 15.7 Å². The molecule has 1 aliphatic heterocycles. The predicted octanol–water partition coefficient (Wildman–Crippen LogP) is 3.19. The largest absolute Gasteiger partial charge is 0.324 e. The Kier molecular flexibility index (Phi) is 4.15. The van der Waals surface area contributed by atoms with Crippen molar-refractivity contribution in [2.24, 2.45) is 5.92 Å². The van der Waals surface area contributed by atoms with Gasteiger partial charge in [-0.15, -0.1) is 0 Å². The number of carbonyl (C=O) groups excluding carboxylic acids is 1. The van der Waals surface area contributed by atoms with Gasteiger partial charge in [-0.2, -0.15) is 0 Å². The van der Waals surface area contributed by atoms with Gasteiger partial charge in [-0.05, 0) is 31.1 Å². The lowest BCUT2D eigenvalue weighted by atomic mass is 9.99. The van der Waals surface area contributed by atoms with E-state index in [0.717, 1.165) is 13.1 Å². The summed E-state index contributed by atoms with van der Waals surface area (Å²) in [7, 11) is 0. The molecular weight excluding hydrogens is 282 g/mol. The fourth-order valence-electron chi connectivity index (χ4n) is 1.61. The molecule has 92 valence electrons.